The van der Waals surface area contributed by atoms with Crippen LogP contribution in [0.2, 0.25) is 0 Å². The Labute approximate surface area is 165 Å². The fourth-order valence-electron chi connectivity index (χ4n) is 3.03. The van der Waals surface area contributed by atoms with Crippen molar-refractivity contribution in [1.82, 2.24) is 29.5 Å². The highest BCUT2D eigenvalue weighted by molar-refractivity contribution is 5.92. The maximum Gasteiger partial charge on any atom is 0.224 e. The van der Waals surface area contributed by atoms with Crippen LogP contribution in [0.25, 0.3) is 16.6 Å². The average Bonchev–Trinajstić information content (AvgIpc) is 3.18. The molecule has 0 saturated carbocycles. The maximum atomic E-state index is 5.92. The van der Waals surface area contributed by atoms with E-state index in [0.29, 0.717) is 28.8 Å². The molecule has 0 aliphatic carbocycles. The Morgan fingerprint density at radius 3 is 2.83 bits per heavy atom. The molecule has 0 amide bonds. The number of ether oxygens (including phenoxy) is 1. The summed E-state index contributed by atoms with van der Waals surface area (Å²) in [5.41, 5.74) is 9.88. The van der Waals surface area contributed by atoms with Crippen LogP contribution in [0, 0.1) is 6.92 Å². The van der Waals surface area contributed by atoms with E-state index in [0.717, 1.165) is 22.2 Å². The molecule has 142 valence electrons. The predicted octanol–water partition coefficient (Wildman–Crippen LogP) is 3.49. The van der Waals surface area contributed by atoms with Crippen molar-refractivity contribution in [3.63, 3.8) is 0 Å². The molecule has 9 heteroatoms. The molecular weight excluding hydrogens is 368 g/mol. The number of aryl methyl sites for hydroxylation is 1. The molecule has 0 bridgehead atoms. The van der Waals surface area contributed by atoms with Gasteiger partial charge in [-0.1, -0.05) is 0 Å². The van der Waals surface area contributed by atoms with Crippen LogP contribution in [0.4, 0.5) is 17.2 Å². The van der Waals surface area contributed by atoms with Crippen molar-refractivity contribution >= 4 is 33.7 Å². The third-order valence-corrected chi connectivity index (χ3v) is 4.47. The topological polar surface area (TPSA) is 116 Å². The molecule has 9 nitrogen and oxygen atoms in total. The van der Waals surface area contributed by atoms with Crippen LogP contribution in [-0.2, 0) is 0 Å². The Hall–Kier alpha value is -4.27. The largest absolute Gasteiger partial charge is 0.439 e. The minimum absolute atomic E-state index is 0.451. The Balaban J connectivity index is 1.42. The predicted molar refractivity (Wildman–Crippen MR) is 109 cm³/mol. The number of rotatable bonds is 4. The normalized spacial score (nSPS) is 11.1. The van der Waals surface area contributed by atoms with E-state index >= 15 is 0 Å². The zero-order chi connectivity index (χ0) is 19.8. The van der Waals surface area contributed by atoms with Gasteiger partial charge in [0.25, 0.3) is 0 Å². The lowest BCUT2D eigenvalue weighted by Crippen LogP contribution is -1.98. The second-order valence-electron chi connectivity index (χ2n) is 6.53. The summed E-state index contributed by atoms with van der Waals surface area (Å²) in [5, 5.41) is 12.0. The van der Waals surface area contributed by atoms with Gasteiger partial charge in [0.15, 0.2) is 5.65 Å². The quantitative estimate of drug-likeness (QED) is 0.452. The number of aromatic nitrogens is 6. The van der Waals surface area contributed by atoms with Crippen LogP contribution >= 0.6 is 0 Å². The number of nitrogens with one attached hydrogen (secondary N) is 1. The summed E-state index contributed by atoms with van der Waals surface area (Å²) in [6.07, 6.45) is 4.72. The van der Waals surface area contributed by atoms with Crippen molar-refractivity contribution in [3.8, 4) is 11.6 Å². The molecule has 0 radical (unpaired) electrons. The third-order valence-electron chi connectivity index (χ3n) is 4.47. The monoisotopic (exact) mass is 384 g/mol. The lowest BCUT2D eigenvalue weighted by atomic mass is 10.2. The summed E-state index contributed by atoms with van der Waals surface area (Å²) in [5.74, 6) is 1.84. The molecule has 0 saturated heterocycles. The lowest BCUT2D eigenvalue weighted by molar-refractivity contribution is 0.458. The molecular formula is C20H16N8O. The second-order valence-corrected chi connectivity index (χ2v) is 6.53. The van der Waals surface area contributed by atoms with Gasteiger partial charge in [-0.2, -0.15) is 0 Å². The molecule has 3 N–H and O–H groups in total. The number of anilines is 3. The number of nitrogen functional groups attached to an aromatic ring is 1. The SMILES string of the molecule is Cc1cc(Nc2ncnc3ccc(N)cc23)ccc1Oc1cc2nncn2cn1. The van der Waals surface area contributed by atoms with Crippen molar-refractivity contribution in [2.24, 2.45) is 0 Å². The minimum Gasteiger partial charge on any atom is -0.439 e. The molecule has 3 aromatic heterocycles. The summed E-state index contributed by atoms with van der Waals surface area (Å²) in [6.45, 7) is 1.96. The van der Waals surface area contributed by atoms with Crippen molar-refractivity contribution < 1.29 is 4.74 Å². The van der Waals surface area contributed by atoms with Crippen LogP contribution in [0.15, 0.2) is 61.4 Å². The molecule has 0 aliphatic rings. The van der Waals surface area contributed by atoms with Gasteiger partial charge >= 0.3 is 0 Å². The smallest absolute Gasteiger partial charge is 0.224 e. The molecule has 29 heavy (non-hydrogen) atoms. The van der Waals surface area contributed by atoms with Crippen molar-refractivity contribution in [1.29, 1.82) is 0 Å². The summed E-state index contributed by atoms with van der Waals surface area (Å²) >= 11 is 0. The van der Waals surface area contributed by atoms with E-state index < -0.39 is 0 Å². The van der Waals surface area contributed by atoms with Gasteiger partial charge in [-0.15, -0.1) is 10.2 Å². The summed E-state index contributed by atoms with van der Waals surface area (Å²) in [4.78, 5) is 12.9. The molecule has 0 spiro atoms. The molecule has 0 fully saturated rings. The summed E-state index contributed by atoms with van der Waals surface area (Å²) < 4.78 is 7.63. The van der Waals surface area contributed by atoms with E-state index in [-0.39, 0.29) is 0 Å². The van der Waals surface area contributed by atoms with Crippen LogP contribution in [0.5, 0.6) is 11.6 Å². The number of fused-ring (bicyclic) bond motifs is 2. The number of hydrogen-bond acceptors (Lipinski definition) is 8. The molecule has 5 aromatic rings. The Kier molecular flexibility index (Phi) is 3.91. The van der Waals surface area contributed by atoms with Crippen LogP contribution in [-0.4, -0.2) is 29.5 Å². The molecule has 0 atom stereocenters. The van der Waals surface area contributed by atoms with Crippen molar-refractivity contribution in [2.45, 2.75) is 6.92 Å². The number of hydrogen-bond donors (Lipinski definition) is 2. The van der Waals surface area contributed by atoms with Crippen molar-refractivity contribution in [3.05, 3.63) is 67.0 Å². The first-order chi connectivity index (χ1) is 14.2. The highest BCUT2D eigenvalue weighted by atomic mass is 16.5. The Bertz CT molecular complexity index is 1350. The van der Waals surface area contributed by atoms with E-state index in [2.05, 4.69) is 30.5 Å². The van der Waals surface area contributed by atoms with Gasteiger partial charge in [-0.25, -0.2) is 15.0 Å². The fraction of sp³-hybridized carbons (Fsp3) is 0.0500. The first kappa shape index (κ1) is 16.9. The zero-order valence-electron chi connectivity index (χ0n) is 15.4. The van der Waals surface area contributed by atoms with E-state index in [1.165, 1.54) is 6.33 Å². The molecule has 0 aliphatic heterocycles. The van der Waals surface area contributed by atoms with Gasteiger partial charge in [0.2, 0.25) is 5.88 Å². The van der Waals surface area contributed by atoms with E-state index in [1.807, 2.05) is 43.3 Å². The van der Waals surface area contributed by atoms with E-state index in [9.17, 15) is 0 Å². The molecule has 2 aromatic carbocycles. The van der Waals surface area contributed by atoms with Gasteiger partial charge in [0.1, 0.15) is 30.5 Å². The highest BCUT2D eigenvalue weighted by Crippen LogP contribution is 2.29. The number of nitrogens with zero attached hydrogens (tertiary/aromatic N) is 6. The van der Waals surface area contributed by atoms with Gasteiger partial charge in [0, 0.05) is 22.8 Å². The lowest BCUT2D eigenvalue weighted by Gasteiger charge is -2.12. The highest BCUT2D eigenvalue weighted by Gasteiger charge is 2.08. The minimum atomic E-state index is 0.451. The zero-order valence-corrected chi connectivity index (χ0v) is 15.4. The third kappa shape index (κ3) is 3.25. The van der Waals surface area contributed by atoms with Crippen molar-refractivity contribution in [2.75, 3.05) is 11.1 Å². The van der Waals surface area contributed by atoms with Crippen LogP contribution in [0.1, 0.15) is 5.56 Å². The second kappa shape index (κ2) is 6.71. The average molecular weight is 384 g/mol. The van der Waals surface area contributed by atoms with Gasteiger partial charge in [-0.3, -0.25) is 4.40 Å². The molecule has 0 unspecified atom stereocenters. The number of benzene rings is 2. The van der Waals surface area contributed by atoms with Gasteiger partial charge in [-0.05, 0) is 48.9 Å². The molecule has 3 heterocycles. The Morgan fingerprint density at radius 1 is 1.00 bits per heavy atom. The fourth-order valence-corrected chi connectivity index (χ4v) is 3.03. The Morgan fingerprint density at radius 2 is 1.93 bits per heavy atom. The first-order valence-corrected chi connectivity index (χ1v) is 8.87. The standard InChI is InChI=1S/C20H16N8O/c1-12-6-14(26-20-15-7-13(21)2-4-16(15)22-9-23-20)3-5-17(12)29-19-8-18-27-25-11-28(18)10-24-19/h2-11H,21H2,1H3,(H,22,23,26). The summed E-state index contributed by atoms with van der Waals surface area (Å²) in [7, 11) is 0. The maximum absolute atomic E-state index is 5.92. The summed E-state index contributed by atoms with van der Waals surface area (Å²) in [6, 6.07) is 13.1. The van der Waals surface area contributed by atoms with Crippen LogP contribution in [0.3, 0.4) is 0 Å². The van der Waals surface area contributed by atoms with Gasteiger partial charge < -0.3 is 15.8 Å². The first-order valence-electron chi connectivity index (χ1n) is 8.87. The van der Waals surface area contributed by atoms with E-state index in [4.69, 9.17) is 10.5 Å². The van der Waals surface area contributed by atoms with E-state index in [1.54, 1.807) is 23.1 Å². The molecule has 5 rings (SSSR count). The van der Waals surface area contributed by atoms with Crippen LogP contribution < -0.4 is 15.8 Å². The van der Waals surface area contributed by atoms with Gasteiger partial charge in [0.05, 0.1) is 5.52 Å². The number of nitrogens with two attached hydrogens (primary N) is 1.